The number of aliphatic imine (C=N–C) groups is 1. The molecule has 0 aromatic rings. The Morgan fingerprint density at radius 1 is 1.37 bits per heavy atom. The van der Waals surface area contributed by atoms with E-state index >= 15 is 0 Å². The van der Waals surface area contributed by atoms with Gasteiger partial charge in [0.2, 0.25) is 0 Å². The molecule has 0 heterocycles. The van der Waals surface area contributed by atoms with Crippen molar-refractivity contribution in [1.82, 2.24) is 0 Å². The fraction of sp³-hybridized carbons (Fsp3) is 0.615. The van der Waals surface area contributed by atoms with Crippen LogP contribution in [0.5, 0.6) is 0 Å². The lowest BCUT2D eigenvalue weighted by molar-refractivity contribution is -0.140. The SMILES string of the molecule is COC(=O)CCC(=NCCO)C1=C(O)CCCC1=O. The third-order valence-corrected chi connectivity index (χ3v) is 2.87. The molecule has 0 atom stereocenters. The molecule has 1 aliphatic carbocycles. The molecule has 0 fully saturated rings. The molecule has 0 amide bonds. The largest absolute Gasteiger partial charge is 0.511 e. The summed E-state index contributed by atoms with van der Waals surface area (Å²) in [6.07, 6.45) is 1.74. The van der Waals surface area contributed by atoms with E-state index in [9.17, 15) is 14.7 Å². The highest BCUT2D eigenvalue weighted by atomic mass is 16.5. The van der Waals surface area contributed by atoms with Crippen LogP contribution in [0, 0.1) is 0 Å². The standard InChI is InChI=1S/C13H19NO5/c1-19-12(18)6-5-9(14-7-8-15)13-10(16)3-2-4-11(13)17/h15-16H,2-8H2,1H3. The highest BCUT2D eigenvalue weighted by molar-refractivity contribution is 6.23. The van der Waals surface area contributed by atoms with E-state index in [1.165, 1.54) is 7.11 Å². The van der Waals surface area contributed by atoms with E-state index in [1.54, 1.807) is 0 Å². The Labute approximate surface area is 111 Å². The van der Waals surface area contributed by atoms with Crippen LogP contribution in [0.1, 0.15) is 32.1 Å². The summed E-state index contributed by atoms with van der Waals surface area (Å²) in [5.74, 6) is -0.539. The number of ketones is 1. The van der Waals surface area contributed by atoms with Gasteiger partial charge in [-0.15, -0.1) is 0 Å². The van der Waals surface area contributed by atoms with Gasteiger partial charge >= 0.3 is 5.97 Å². The minimum Gasteiger partial charge on any atom is -0.511 e. The van der Waals surface area contributed by atoms with Crippen LogP contribution in [0.4, 0.5) is 0 Å². The molecule has 0 unspecified atom stereocenters. The van der Waals surface area contributed by atoms with Gasteiger partial charge in [-0.25, -0.2) is 0 Å². The van der Waals surface area contributed by atoms with Crippen molar-refractivity contribution in [2.45, 2.75) is 32.1 Å². The van der Waals surface area contributed by atoms with Crippen molar-refractivity contribution in [2.24, 2.45) is 4.99 Å². The number of aliphatic hydroxyl groups excluding tert-OH is 2. The zero-order valence-electron chi connectivity index (χ0n) is 11.0. The van der Waals surface area contributed by atoms with Gasteiger partial charge in [0.15, 0.2) is 5.78 Å². The van der Waals surface area contributed by atoms with E-state index in [-0.39, 0.29) is 43.1 Å². The number of hydrogen-bond donors (Lipinski definition) is 2. The number of ether oxygens (including phenoxy) is 1. The van der Waals surface area contributed by atoms with Crippen molar-refractivity contribution in [1.29, 1.82) is 0 Å². The fourth-order valence-corrected chi connectivity index (χ4v) is 1.95. The van der Waals surface area contributed by atoms with Crippen LogP contribution < -0.4 is 0 Å². The molecule has 0 radical (unpaired) electrons. The predicted octanol–water partition coefficient (Wildman–Crippen LogP) is 0.938. The highest BCUT2D eigenvalue weighted by Crippen LogP contribution is 2.23. The maximum Gasteiger partial charge on any atom is 0.305 e. The summed E-state index contributed by atoms with van der Waals surface area (Å²) in [5.41, 5.74) is 0.588. The lowest BCUT2D eigenvalue weighted by Gasteiger charge is -2.17. The highest BCUT2D eigenvalue weighted by Gasteiger charge is 2.24. The molecule has 0 saturated heterocycles. The van der Waals surface area contributed by atoms with Gasteiger partial charge in [-0.05, 0) is 6.42 Å². The van der Waals surface area contributed by atoms with Crippen LogP contribution in [-0.2, 0) is 14.3 Å². The second-order valence-corrected chi connectivity index (χ2v) is 4.23. The van der Waals surface area contributed by atoms with Crippen LogP contribution >= 0.6 is 0 Å². The number of methoxy groups -OCH3 is 1. The molecule has 1 aliphatic rings. The monoisotopic (exact) mass is 269 g/mol. The van der Waals surface area contributed by atoms with Gasteiger partial charge in [0, 0.05) is 25.0 Å². The third kappa shape index (κ3) is 4.48. The molecule has 0 bridgehead atoms. The first-order chi connectivity index (χ1) is 9.10. The van der Waals surface area contributed by atoms with E-state index in [4.69, 9.17) is 5.11 Å². The Balaban J connectivity index is 2.90. The number of carbonyl (C=O) groups is 2. The molecule has 106 valence electrons. The number of allylic oxidation sites excluding steroid dienone is 2. The van der Waals surface area contributed by atoms with E-state index in [1.807, 2.05) is 0 Å². The Bertz CT molecular complexity index is 411. The molecule has 0 aromatic carbocycles. The Morgan fingerprint density at radius 2 is 2.11 bits per heavy atom. The van der Waals surface area contributed by atoms with Gasteiger partial charge in [-0.3, -0.25) is 14.6 Å². The minimum absolute atomic E-state index is 0.0257. The molecule has 0 aromatic heterocycles. The van der Waals surface area contributed by atoms with Gasteiger partial charge in [-0.1, -0.05) is 0 Å². The molecule has 6 nitrogen and oxygen atoms in total. The number of carbonyl (C=O) groups excluding carboxylic acids is 2. The van der Waals surface area contributed by atoms with E-state index in [0.29, 0.717) is 25.0 Å². The van der Waals surface area contributed by atoms with Crippen molar-refractivity contribution < 1.29 is 24.5 Å². The predicted molar refractivity (Wildman–Crippen MR) is 69.2 cm³/mol. The number of hydrogen-bond acceptors (Lipinski definition) is 6. The van der Waals surface area contributed by atoms with Crippen molar-refractivity contribution in [3.8, 4) is 0 Å². The average Bonchev–Trinajstić information content (AvgIpc) is 2.40. The lowest BCUT2D eigenvalue weighted by atomic mass is 9.91. The van der Waals surface area contributed by atoms with Crippen LogP contribution in [-0.4, -0.2) is 47.9 Å². The summed E-state index contributed by atoms with van der Waals surface area (Å²) in [7, 11) is 1.29. The summed E-state index contributed by atoms with van der Waals surface area (Å²) in [6, 6.07) is 0. The normalized spacial score (nSPS) is 16.7. The number of Topliss-reactive ketones (excluding diaryl/α,β-unsaturated/α-hetero) is 1. The molecule has 0 spiro atoms. The molecular formula is C13H19NO5. The number of esters is 1. The maximum atomic E-state index is 11.8. The smallest absolute Gasteiger partial charge is 0.305 e. The summed E-state index contributed by atoms with van der Waals surface area (Å²) in [6.45, 7) is -0.00940. The molecule has 1 rings (SSSR count). The van der Waals surface area contributed by atoms with Gasteiger partial charge in [0.25, 0.3) is 0 Å². The first-order valence-electron chi connectivity index (χ1n) is 6.26. The van der Waals surface area contributed by atoms with Gasteiger partial charge in [0.1, 0.15) is 5.76 Å². The van der Waals surface area contributed by atoms with Crippen LogP contribution in [0.25, 0.3) is 0 Å². The second-order valence-electron chi connectivity index (χ2n) is 4.23. The zero-order valence-corrected chi connectivity index (χ0v) is 11.0. The Hall–Kier alpha value is -1.69. The molecule has 2 N–H and O–H groups in total. The second kappa shape index (κ2) is 7.68. The van der Waals surface area contributed by atoms with Gasteiger partial charge < -0.3 is 14.9 Å². The van der Waals surface area contributed by atoms with Crippen LogP contribution in [0.2, 0.25) is 0 Å². The van der Waals surface area contributed by atoms with Gasteiger partial charge in [0.05, 0.1) is 32.3 Å². The maximum absolute atomic E-state index is 11.8. The minimum atomic E-state index is -0.403. The Kier molecular flexibility index (Phi) is 6.21. The summed E-state index contributed by atoms with van der Waals surface area (Å²) in [5, 5.41) is 18.6. The first-order valence-corrected chi connectivity index (χ1v) is 6.26. The first kappa shape index (κ1) is 15.4. The molecule has 6 heteroatoms. The topological polar surface area (TPSA) is 96.2 Å². The Morgan fingerprint density at radius 3 is 2.68 bits per heavy atom. The van der Waals surface area contributed by atoms with Crippen molar-refractivity contribution in [3.63, 3.8) is 0 Å². The molecular weight excluding hydrogens is 250 g/mol. The number of rotatable bonds is 6. The van der Waals surface area contributed by atoms with Crippen LogP contribution in [0.15, 0.2) is 16.3 Å². The molecule has 0 aliphatic heterocycles. The lowest BCUT2D eigenvalue weighted by Crippen LogP contribution is -2.21. The number of nitrogens with zero attached hydrogens (tertiary/aromatic N) is 1. The van der Waals surface area contributed by atoms with Crippen molar-refractivity contribution in [3.05, 3.63) is 11.3 Å². The third-order valence-electron chi connectivity index (χ3n) is 2.87. The number of aliphatic hydroxyl groups is 2. The van der Waals surface area contributed by atoms with E-state index in [2.05, 4.69) is 9.73 Å². The molecule has 19 heavy (non-hydrogen) atoms. The average molecular weight is 269 g/mol. The fourth-order valence-electron chi connectivity index (χ4n) is 1.95. The zero-order chi connectivity index (χ0) is 14.3. The quantitative estimate of drug-likeness (QED) is 0.552. The van der Waals surface area contributed by atoms with E-state index < -0.39 is 5.97 Å². The van der Waals surface area contributed by atoms with Crippen molar-refractivity contribution in [2.75, 3.05) is 20.3 Å². The molecule has 0 saturated carbocycles. The summed E-state index contributed by atoms with van der Waals surface area (Å²) >= 11 is 0. The van der Waals surface area contributed by atoms with E-state index in [0.717, 1.165) is 0 Å². The summed E-state index contributed by atoms with van der Waals surface area (Å²) < 4.78 is 4.54. The van der Waals surface area contributed by atoms with Crippen molar-refractivity contribution >= 4 is 17.5 Å². The van der Waals surface area contributed by atoms with Crippen LogP contribution in [0.3, 0.4) is 0 Å². The van der Waals surface area contributed by atoms with Gasteiger partial charge in [-0.2, -0.15) is 0 Å². The summed E-state index contributed by atoms with van der Waals surface area (Å²) in [4.78, 5) is 27.1.